The van der Waals surface area contributed by atoms with Crippen molar-refractivity contribution < 1.29 is 0 Å². The van der Waals surface area contributed by atoms with E-state index in [4.69, 9.17) is 0 Å². The number of alkyl halides is 2. The molecule has 1 aromatic rings. The predicted molar refractivity (Wildman–Crippen MR) is 61.6 cm³/mol. The zero-order valence-corrected chi connectivity index (χ0v) is 10.8. The van der Waals surface area contributed by atoms with Gasteiger partial charge < -0.3 is 0 Å². The first-order chi connectivity index (χ1) is 5.63. The van der Waals surface area contributed by atoms with Crippen molar-refractivity contribution in [1.29, 1.82) is 0 Å². The Morgan fingerprint density at radius 3 is 2.67 bits per heavy atom. The summed E-state index contributed by atoms with van der Waals surface area (Å²) in [6.07, 6.45) is 2.38. The largest absolute Gasteiger partial charge is 0.145 e. The monoisotopic (exact) mass is 308 g/mol. The predicted octanol–water partition coefficient (Wildman–Crippen LogP) is 4.28. The first kappa shape index (κ1) is 9.22. The molecule has 3 heteroatoms. The second-order valence-corrected chi connectivity index (χ2v) is 8.27. The molecule has 0 bridgehead atoms. The van der Waals surface area contributed by atoms with Crippen LogP contribution < -0.4 is 0 Å². The average molecular weight is 310 g/mol. The molecule has 0 radical (unpaired) electrons. The Kier molecular flexibility index (Phi) is 2.39. The first-order valence-electron chi connectivity index (χ1n) is 4.10. The summed E-state index contributed by atoms with van der Waals surface area (Å²) in [7, 11) is 0. The summed E-state index contributed by atoms with van der Waals surface area (Å²) in [6, 6.07) is 4.51. The molecule has 1 atom stereocenters. The van der Waals surface area contributed by atoms with E-state index in [0.717, 1.165) is 6.42 Å². The molecule has 0 aromatic carbocycles. The van der Waals surface area contributed by atoms with E-state index in [9.17, 15) is 0 Å². The third kappa shape index (κ3) is 1.64. The minimum atomic E-state index is 0.218. The van der Waals surface area contributed by atoms with Crippen molar-refractivity contribution in [2.45, 2.75) is 28.9 Å². The molecule has 2 rings (SSSR count). The molecule has 1 saturated carbocycles. The van der Waals surface area contributed by atoms with Crippen LogP contribution in [-0.2, 0) is 6.42 Å². The second-order valence-electron chi connectivity index (χ2n) is 3.18. The van der Waals surface area contributed by atoms with Crippen LogP contribution in [0.4, 0.5) is 0 Å². The Labute approximate surface area is 93.6 Å². The van der Waals surface area contributed by atoms with Gasteiger partial charge in [-0.1, -0.05) is 38.8 Å². The number of thiophene rings is 1. The van der Waals surface area contributed by atoms with Gasteiger partial charge in [0.15, 0.2) is 0 Å². The molecular weight excluding hydrogens is 300 g/mol. The second kappa shape index (κ2) is 3.10. The van der Waals surface area contributed by atoms with E-state index in [1.54, 1.807) is 0 Å². The van der Waals surface area contributed by atoms with Gasteiger partial charge in [0.1, 0.15) is 0 Å². The zero-order chi connectivity index (χ0) is 8.77. The average Bonchev–Trinajstić information content (AvgIpc) is 2.52. The minimum absolute atomic E-state index is 0.218. The lowest BCUT2D eigenvalue weighted by molar-refractivity contribution is 1.18. The van der Waals surface area contributed by atoms with E-state index >= 15 is 0 Å². The van der Waals surface area contributed by atoms with Gasteiger partial charge in [0.25, 0.3) is 0 Å². The Bertz CT molecular complexity index is 290. The third-order valence-electron chi connectivity index (χ3n) is 2.20. The highest BCUT2D eigenvalue weighted by molar-refractivity contribution is 9.25. The van der Waals surface area contributed by atoms with Crippen LogP contribution in [0.2, 0.25) is 0 Å². The van der Waals surface area contributed by atoms with Crippen molar-refractivity contribution in [3.63, 3.8) is 0 Å². The van der Waals surface area contributed by atoms with E-state index in [1.807, 2.05) is 11.3 Å². The summed E-state index contributed by atoms with van der Waals surface area (Å²) in [6.45, 7) is 2.21. The zero-order valence-electron chi connectivity index (χ0n) is 6.81. The molecular formula is C9H10Br2S. The van der Waals surface area contributed by atoms with Crippen LogP contribution in [0, 0.1) is 0 Å². The standard InChI is InChI=1S/C9H10Br2S/c1-2-6-3-4-8(12-6)7-5-9(7,10)11/h3-4,7H,2,5H2,1H3. The van der Waals surface area contributed by atoms with E-state index in [-0.39, 0.29) is 3.23 Å². The molecule has 1 aromatic heterocycles. The molecule has 1 aliphatic rings. The molecule has 0 nitrogen and oxygen atoms in total. The Balaban J connectivity index is 2.15. The number of rotatable bonds is 2. The minimum Gasteiger partial charge on any atom is -0.145 e. The van der Waals surface area contributed by atoms with Crippen molar-refractivity contribution in [3.8, 4) is 0 Å². The Hall–Kier alpha value is 0.660. The molecule has 1 heterocycles. The lowest BCUT2D eigenvalue weighted by Gasteiger charge is -1.94. The lowest BCUT2D eigenvalue weighted by atomic mass is 10.3. The van der Waals surface area contributed by atoms with E-state index < -0.39 is 0 Å². The highest BCUT2D eigenvalue weighted by atomic mass is 79.9. The van der Waals surface area contributed by atoms with Crippen LogP contribution in [0.15, 0.2) is 12.1 Å². The summed E-state index contributed by atoms with van der Waals surface area (Å²) in [5, 5.41) is 0. The Morgan fingerprint density at radius 2 is 2.25 bits per heavy atom. The van der Waals surface area contributed by atoms with Crippen molar-refractivity contribution in [1.82, 2.24) is 0 Å². The van der Waals surface area contributed by atoms with Gasteiger partial charge in [-0.25, -0.2) is 0 Å². The van der Waals surface area contributed by atoms with Crippen molar-refractivity contribution in [2.24, 2.45) is 0 Å². The maximum absolute atomic E-state index is 3.64. The van der Waals surface area contributed by atoms with Gasteiger partial charge in [-0.05, 0) is 25.0 Å². The highest BCUT2D eigenvalue weighted by Gasteiger charge is 2.51. The number of hydrogen-bond acceptors (Lipinski definition) is 1. The normalized spacial score (nSPS) is 25.8. The lowest BCUT2D eigenvalue weighted by Crippen LogP contribution is -1.83. The van der Waals surface area contributed by atoms with Crippen LogP contribution >= 0.6 is 43.2 Å². The molecule has 0 aliphatic heterocycles. The van der Waals surface area contributed by atoms with Gasteiger partial charge in [0.2, 0.25) is 0 Å². The fraction of sp³-hybridized carbons (Fsp3) is 0.556. The summed E-state index contributed by atoms with van der Waals surface area (Å²) in [5.74, 6) is 0.697. The molecule has 1 aliphatic carbocycles. The third-order valence-corrected chi connectivity index (χ3v) is 5.30. The maximum Gasteiger partial charge on any atom is 0.0889 e. The SMILES string of the molecule is CCc1ccc(C2CC2(Br)Br)s1. The van der Waals surface area contributed by atoms with E-state index in [1.165, 1.54) is 16.2 Å². The van der Waals surface area contributed by atoms with Crippen LogP contribution in [0.5, 0.6) is 0 Å². The van der Waals surface area contributed by atoms with Crippen molar-refractivity contribution in [3.05, 3.63) is 21.9 Å². The van der Waals surface area contributed by atoms with Gasteiger partial charge in [0.05, 0.1) is 3.23 Å². The van der Waals surface area contributed by atoms with Crippen LogP contribution in [-0.4, -0.2) is 3.23 Å². The fourth-order valence-electron chi connectivity index (χ4n) is 1.29. The summed E-state index contributed by atoms with van der Waals surface area (Å²) in [5.41, 5.74) is 0. The number of aryl methyl sites for hydroxylation is 1. The topological polar surface area (TPSA) is 0 Å². The molecule has 0 spiro atoms. The van der Waals surface area contributed by atoms with Crippen LogP contribution in [0.25, 0.3) is 0 Å². The van der Waals surface area contributed by atoms with Crippen LogP contribution in [0.3, 0.4) is 0 Å². The maximum atomic E-state index is 3.64. The summed E-state index contributed by atoms with van der Waals surface area (Å²) < 4.78 is 0.218. The molecule has 1 fully saturated rings. The molecule has 66 valence electrons. The van der Waals surface area contributed by atoms with Gasteiger partial charge in [0, 0.05) is 15.7 Å². The molecule has 0 saturated heterocycles. The summed E-state index contributed by atoms with van der Waals surface area (Å²) >= 11 is 9.23. The molecule has 0 N–H and O–H groups in total. The van der Waals surface area contributed by atoms with Crippen molar-refractivity contribution in [2.75, 3.05) is 0 Å². The van der Waals surface area contributed by atoms with Crippen molar-refractivity contribution >= 4 is 43.2 Å². The smallest absolute Gasteiger partial charge is 0.0889 e. The molecule has 0 amide bonds. The molecule has 12 heavy (non-hydrogen) atoms. The number of halogens is 2. The quantitative estimate of drug-likeness (QED) is 0.715. The van der Waals surface area contributed by atoms with Gasteiger partial charge in [-0.2, -0.15) is 0 Å². The fourth-order valence-corrected chi connectivity index (χ4v) is 3.88. The van der Waals surface area contributed by atoms with Gasteiger partial charge in [-0.3, -0.25) is 0 Å². The number of hydrogen-bond donors (Lipinski definition) is 0. The van der Waals surface area contributed by atoms with Crippen LogP contribution in [0.1, 0.15) is 29.0 Å². The molecule has 1 unspecified atom stereocenters. The van der Waals surface area contributed by atoms with E-state index in [0.29, 0.717) is 5.92 Å². The van der Waals surface area contributed by atoms with Gasteiger partial charge in [-0.15, -0.1) is 11.3 Å². The van der Waals surface area contributed by atoms with E-state index in [2.05, 4.69) is 50.9 Å². The first-order valence-corrected chi connectivity index (χ1v) is 6.50. The Morgan fingerprint density at radius 1 is 1.58 bits per heavy atom. The van der Waals surface area contributed by atoms with Gasteiger partial charge >= 0.3 is 0 Å². The summed E-state index contributed by atoms with van der Waals surface area (Å²) in [4.78, 5) is 3.01. The highest BCUT2D eigenvalue weighted by Crippen LogP contribution is 2.63.